The lowest BCUT2D eigenvalue weighted by atomic mass is 10.0. The van der Waals surface area contributed by atoms with Crippen molar-refractivity contribution in [1.29, 1.82) is 0 Å². The molecule has 0 saturated heterocycles. The van der Waals surface area contributed by atoms with Crippen LogP contribution in [0.15, 0.2) is 146 Å². The molecule has 0 saturated carbocycles. The summed E-state index contributed by atoms with van der Waals surface area (Å²) in [5.41, 5.74) is 17.7. The number of amides is 2. The number of aliphatic hydroxyl groups is 3. The Labute approximate surface area is 617 Å². The Morgan fingerprint density at radius 2 is 0.692 bits per heavy atom. The highest BCUT2D eigenvalue weighted by Crippen LogP contribution is 2.13. The molecule has 0 atom stereocenters. The van der Waals surface area contributed by atoms with E-state index in [0.717, 1.165) is 16.7 Å². The molecule has 0 bridgehead atoms. The number of halogens is 3. The Balaban J connectivity index is 0.000000664. The standard InChI is InChI=1S/C21H25N3O5.C21H24N2O5.C13H19NO3.C8H6ClNO2.C8H7NO3.Cl2OS.H4N2/c22-12-20(27)17-7-8-18(23-14-17)21(28)24-13-15-3-5-16(6-4-15)19(26)2-1-10-29-11-9-25;1-15(25)18-8-9-19(22-14-18)21(27)23-13-16-4-6-17(7-5-16)20(26)3-2-11-28-12-10-24;14-10-11-3-5-12(6-4-11)13(16)2-1-8-17-9-7-15;1-5(11)6-2-3-7(8(9)12)10-4-6;1-5(10)6-2-3-7(8(11)12)9-4-6;1-4(2)3;1-2/h3-8,14,25H,1-2,9-13,22H2,(H,24,28);4-9,14,24H,2-3,10-13H2,1H3,(H,23,27);3-6,15H,1-2,7-10,14H2;2-4H,1H3;2-4H,1H3,(H,11,12);;1-2H2. The van der Waals surface area contributed by atoms with Crippen LogP contribution in [0.4, 0.5) is 0 Å². The number of carboxylic acids is 1. The fourth-order valence-corrected chi connectivity index (χ4v) is 8.03. The van der Waals surface area contributed by atoms with Gasteiger partial charge in [-0.05, 0) is 117 Å². The summed E-state index contributed by atoms with van der Waals surface area (Å²) in [5.74, 6) is 5.81. The lowest BCUT2D eigenvalue weighted by Crippen LogP contribution is -2.24. The monoisotopic (exact) mass is 1520 g/mol. The summed E-state index contributed by atoms with van der Waals surface area (Å²) in [6.45, 7) is 7.49. The molecule has 0 unspecified atom stereocenters. The summed E-state index contributed by atoms with van der Waals surface area (Å²) < 4.78 is 24.4. The smallest absolute Gasteiger partial charge is 0.354 e. The molecule has 29 nitrogen and oxygen atoms in total. The minimum Gasteiger partial charge on any atom is -0.477 e. The minimum absolute atomic E-state index is 0.0181. The summed E-state index contributed by atoms with van der Waals surface area (Å²) in [5, 5.41) is 39.1. The van der Waals surface area contributed by atoms with Crippen LogP contribution < -0.4 is 33.8 Å². The molecule has 2 amide bonds. The Hall–Kier alpha value is -9.35. The van der Waals surface area contributed by atoms with Crippen LogP contribution in [0, 0.1) is 0 Å². The molecule has 7 rings (SSSR count). The van der Waals surface area contributed by atoms with Gasteiger partial charge in [-0.1, -0.05) is 72.8 Å². The van der Waals surface area contributed by atoms with E-state index < -0.39 is 20.4 Å². The first-order valence-electron chi connectivity index (χ1n) is 31.6. The third kappa shape index (κ3) is 39.9. The lowest BCUT2D eigenvalue weighted by molar-refractivity contribution is 0.0687. The highest BCUT2D eigenvalue weighted by Gasteiger charge is 2.14. The van der Waals surface area contributed by atoms with Gasteiger partial charge in [-0.25, -0.2) is 14.0 Å². The van der Waals surface area contributed by atoms with Crippen molar-refractivity contribution in [3.05, 3.63) is 225 Å². The van der Waals surface area contributed by atoms with Crippen LogP contribution in [0.1, 0.15) is 190 Å². The summed E-state index contributed by atoms with van der Waals surface area (Å²) in [7, 11) is 7.36. The van der Waals surface area contributed by atoms with Gasteiger partial charge in [-0.3, -0.25) is 74.6 Å². The first-order chi connectivity index (χ1) is 49.8. The molecule has 0 aliphatic carbocycles. The summed E-state index contributed by atoms with van der Waals surface area (Å²) in [6, 6.07) is 33.2. The van der Waals surface area contributed by atoms with Crippen molar-refractivity contribution in [2.45, 2.75) is 78.9 Å². The quantitative estimate of drug-likeness (QED) is 0.00632. The number of aromatic carboxylic acids is 1. The zero-order chi connectivity index (χ0) is 77.8. The number of benzene rings is 3. The molecule has 0 fully saturated rings. The number of aromatic nitrogens is 4. The molecule has 560 valence electrons. The topological polar surface area (TPSA) is 493 Å². The van der Waals surface area contributed by atoms with Gasteiger partial charge in [0.2, 0.25) is 9.23 Å². The van der Waals surface area contributed by atoms with E-state index in [4.69, 9.17) is 61.9 Å². The highest BCUT2D eigenvalue weighted by atomic mass is 36.0. The number of nitrogens with zero attached hydrogens (tertiary/aromatic N) is 4. The predicted molar refractivity (Wildman–Crippen MR) is 390 cm³/mol. The van der Waals surface area contributed by atoms with E-state index in [0.29, 0.717) is 117 Å². The fraction of sp³-hybridized carbons (Fsp3) is 0.310. The van der Waals surface area contributed by atoms with Crippen molar-refractivity contribution < 1.29 is 91.6 Å². The number of ether oxygens (including phenoxy) is 3. The fourth-order valence-electron chi connectivity index (χ4n) is 7.92. The van der Waals surface area contributed by atoms with Crippen LogP contribution in [-0.2, 0) is 43.1 Å². The molecule has 0 spiro atoms. The summed E-state index contributed by atoms with van der Waals surface area (Å²) in [6.07, 6.45) is 8.39. The van der Waals surface area contributed by atoms with E-state index in [1.54, 1.807) is 66.7 Å². The number of hydrazine groups is 1. The van der Waals surface area contributed by atoms with Crippen LogP contribution in [0.2, 0.25) is 0 Å². The molecule has 0 aliphatic heterocycles. The molecule has 104 heavy (non-hydrogen) atoms. The van der Waals surface area contributed by atoms with Crippen LogP contribution in [0.5, 0.6) is 0 Å². The van der Waals surface area contributed by atoms with Crippen LogP contribution in [0.25, 0.3) is 0 Å². The normalized spacial score (nSPS) is 10.1. The number of hydrogen-bond acceptors (Lipinski definition) is 26. The van der Waals surface area contributed by atoms with Crippen molar-refractivity contribution in [3.8, 4) is 0 Å². The summed E-state index contributed by atoms with van der Waals surface area (Å²) >= 11 is 5.15. The van der Waals surface area contributed by atoms with Gasteiger partial charge in [-0.2, -0.15) is 0 Å². The molecule has 7 aromatic rings. The number of carboxylic acid groups (broad SMARTS) is 1. The number of carbonyl (C=O) groups excluding carboxylic acids is 10. The first-order valence-corrected chi connectivity index (χ1v) is 34.8. The third-order valence-electron chi connectivity index (χ3n) is 13.4. The van der Waals surface area contributed by atoms with Gasteiger partial charge in [0.25, 0.3) is 17.1 Å². The van der Waals surface area contributed by atoms with Gasteiger partial charge >= 0.3 is 5.97 Å². The van der Waals surface area contributed by atoms with Crippen molar-refractivity contribution >= 4 is 106 Å². The predicted octanol–water partition coefficient (Wildman–Crippen LogP) is 6.94. The largest absolute Gasteiger partial charge is 0.477 e. The first kappa shape index (κ1) is 92.7. The zero-order valence-electron chi connectivity index (χ0n) is 57.3. The number of rotatable bonds is 35. The zero-order valence-corrected chi connectivity index (χ0v) is 60.4. The maximum absolute atomic E-state index is 12.2. The highest BCUT2D eigenvalue weighted by molar-refractivity contribution is 8.26. The maximum Gasteiger partial charge on any atom is 0.354 e. The minimum atomic E-state index is -1.67. The molecule has 0 radical (unpaired) electrons. The van der Waals surface area contributed by atoms with E-state index in [1.807, 2.05) is 12.1 Å². The summed E-state index contributed by atoms with van der Waals surface area (Å²) in [4.78, 5) is 141. The number of carbonyl (C=O) groups is 11. The van der Waals surface area contributed by atoms with Gasteiger partial charge in [0, 0.05) is 144 Å². The molecule has 3 aromatic carbocycles. The number of aliphatic hydroxyl groups excluding tert-OH is 3. The molecule has 4 heterocycles. The van der Waals surface area contributed by atoms with Gasteiger partial charge in [0.05, 0.1) is 46.2 Å². The number of Topliss-reactive ketones (excluding diaryl/α,β-unsaturated/α-hetero) is 7. The van der Waals surface area contributed by atoms with Crippen molar-refractivity contribution in [2.24, 2.45) is 23.2 Å². The second-order valence-electron chi connectivity index (χ2n) is 21.0. The molecular formula is C71H85Cl3N10O19S. The van der Waals surface area contributed by atoms with E-state index >= 15 is 0 Å². The Morgan fingerprint density at radius 1 is 0.413 bits per heavy atom. The van der Waals surface area contributed by atoms with Gasteiger partial charge in [0.15, 0.2) is 40.5 Å². The van der Waals surface area contributed by atoms with Crippen molar-refractivity contribution in [3.63, 3.8) is 0 Å². The van der Waals surface area contributed by atoms with Gasteiger partial charge in [0.1, 0.15) is 22.8 Å². The van der Waals surface area contributed by atoms with E-state index in [-0.39, 0.29) is 121 Å². The molecule has 0 aliphatic rings. The number of pyridine rings is 4. The molecule has 4 aromatic heterocycles. The van der Waals surface area contributed by atoms with Gasteiger partial charge in [-0.15, -0.1) is 0 Å². The van der Waals surface area contributed by atoms with Gasteiger partial charge < -0.3 is 56.7 Å². The molecule has 14 N–H and O–H groups in total. The third-order valence-corrected chi connectivity index (χ3v) is 13.6. The van der Waals surface area contributed by atoms with Crippen molar-refractivity contribution in [2.75, 3.05) is 66.0 Å². The Bertz CT molecular complexity index is 3670. The SMILES string of the molecule is CC(=O)c1ccc(C(=O)Cl)nc1.CC(=O)c1ccc(C(=O)NCc2ccc(C(=O)CCCOCCO)cc2)nc1.CC(=O)c1ccc(C(=O)O)nc1.NCC(=O)c1ccc(C(=O)NCc2ccc(C(=O)CCCOCCO)cc2)nc1.NCc1ccc(C(=O)CCCOCCO)cc1.NN.O=S(Cl)Cl. The second kappa shape index (κ2) is 55.2. The van der Waals surface area contributed by atoms with Crippen molar-refractivity contribution in [1.82, 2.24) is 30.6 Å². The van der Waals surface area contributed by atoms with Crippen LogP contribution in [-0.4, -0.2) is 174 Å². The Morgan fingerprint density at radius 3 is 0.942 bits per heavy atom. The number of nitrogens with two attached hydrogens (primary N) is 4. The maximum atomic E-state index is 12.2. The van der Waals surface area contributed by atoms with Crippen LogP contribution in [0.3, 0.4) is 0 Å². The van der Waals surface area contributed by atoms with E-state index in [1.165, 1.54) is 88.0 Å². The number of ketones is 7. The number of hydrogen-bond donors (Lipinski definition) is 10. The number of nitrogens with one attached hydrogen (secondary N) is 2. The Kier molecular flexibility index (Phi) is 49.2. The van der Waals surface area contributed by atoms with E-state index in [9.17, 15) is 52.7 Å². The van der Waals surface area contributed by atoms with E-state index in [2.05, 4.69) is 63.6 Å². The average molecular weight is 1520 g/mol. The average Bonchev–Trinajstić information content (AvgIpc) is 0.924. The molecular weight excluding hydrogens is 1440 g/mol. The second-order valence-corrected chi connectivity index (χ2v) is 23.9. The molecule has 33 heteroatoms. The lowest BCUT2D eigenvalue weighted by Gasteiger charge is -2.07. The van der Waals surface area contributed by atoms with Crippen LogP contribution >= 0.6 is 33.0 Å².